The summed E-state index contributed by atoms with van der Waals surface area (Å²) in [6.07, 6.45) is -3.51. The Balaban J connectivity index is 1.61. The van der Waals surface area contributed by atoms with Crippen LogP contribution in [0.4, 0.5) is 26.7 Å². The number of nitrogens with one attached hydrogen (secondary N) is 1. The fraction of sp³-hybridized carbons (Fsp3) is 0.435. The van der Waals surface area contributed by atoms with Gasteiger partial charge in [-0.15, -0.1) is 0 Å². The summed E-state index contributed by atoms with van der Waals surface area (Å²) in [5.41, 5.74) is 0.875. The Bertz CT molecular complexity index is 937. The average molecular weight is 471 g/mol. The molecule has 0 unspecified atom stereocenters. The van der Waals surface area contributed by atoms with E-state index in [1.165, 1.54) is 23.1 Å². The standard InChI is InChI=1S/C23H26F5N3O2/c1-30-9-8-17(12-30)13-31(14-18-4-5-19(24)10-21(18)25)22(32)29-11-16-2-6-20(7-3-16)33-15-23(26,27)28/h2-7,10,17H,8-9,11-15H2,1H3,(H,29,32)/t17-/m0/s1. The predicted octanol–water partition coefficient (Wildman–Crippen LogP) is 4.57. The summed E-state index contributed by atoms with van der Waals surface area (Å²) in [4.78, 5) is 16.6. The summed E-state index contributed by atoms with van der Waals surface area (Å²) in [5, 5.41) is 2.77. The lowest BCUT2D eigenvalue weighted by molar-refractivity contribution is -0.153. The molecule has 2 amide bonds. The van der Waals surface area contributed by atoms with Gasteiger partial charge in [0.25, 0.3) is 0 Å². The van der Waals surface area contributed by atoms with Crippen LogP contribution >= 0.6 is 0 Å². The maximum atomic E-state index is 14.2. The van der Waals surface area contributed by atoms with Gasteiger partial charge in [-0.1, -0.05) is 18.2 Å². The molecule has 1 heterocycles. The van der Waals surface area contributed by atoms with E-state index in [0.29, 0.717) is 12.1 Å². The molecule has 2 aromatic carbocycles. The first kappa shape index (κ1) is 24.8. The van der Waals surface area contributed by atoms with E-state index >= 15 is 0 Å². The van der Waals surface area contributed by atoms with Crippen LogP contribution in [0.5, 0.6) is 5.75 Å². The highest BCUT2D eigenvalue weighted by atomic mass is 19.4. The number of rotatable bonds is 8. The van der Waals surface area contributed by atoms with Crippen LogP contribution in [-0.2, 0) is 13.1 Å². The van der Waals surface area contributed by atoms with Gasteiger partial charge in [-0.05, 0) is 49.7 Å². The van der Waals surface area contributed by atoms with Gasteiger partial charge in [0.15, 0.2) is 6.61 Å². The molecule has 1 saturated heterocycles. The van der Waals surface area contributed by atoms with Crippen LogP contribution in [0.15, 0.2) is 42.5 Å². The fourth-order valence-corrected chi connectivity index (χ4v) is 3.72. The lowest BCUT2D eigenvalue weighted by Gasteiger charge is -2.26. The number of carbonyl (C=O) groups excluding carboxylic acids is 1. The van der Waals surface area contributed by atoms with Crippen molar-refractivity contribution in [3.63, 3.8) is 0 Å². The second-order valence-electron chi connectivity index (χ2n) is 8.24. The minimum absolute atomic E-state index is 0.0115. The Morgan fingerprint density at radius 3 is 2.52 bits per heavy atom. The summed E-state index contributed by atoms with van der Waals surface area (Å²) >= 11 is 0. The number of likely N-dealkylation sites (tertiary alicyclic amines) is 1. The highest BCUT2D eigenvalue weighted by molar-refractivity contribution is 5.74. The van der Waals surface area contributed by atoms with Crippen molar-refractivity contribution < 1.29 is 31.5 Å². The lowest BCUT2D eigenvalue weighted by Crippen LogP contribution is -2.42. The van der Waals surface area contributed by atoms with Gasteiger partial charge in [0.2, 0.25) is 0 Å². The Morgan fingerprint density at radius 1 is 1.18 bits per heavy atom. The van der Waals surface area contributed by atoms with E-state index < -0.39 is 30.4 Å². The molecular formula is C23H26F5N3O2. The number of nitrogens with zero attached hydrogens (tertiary/aromatic N) is 2. The minimum atomic E-state index is -4.42. The molecule has 33 heavy (non-hydrogen) atoms. The van der Waals surface area contributed by atoms with Gasteiger partial charge < -0.3 is 19.9 Å². The molecule has 1 N–H and O–H groups in total. The van der Waals surface area contributed by atoms with E-state index in [1.807, 2.05) is 7.05 Å². The molecule has 0 aromatic heterocycles. The van der Waals surface area contributed by atoms with Crippen LogP contribution < -0.4 is 10.1 Å². The van der Waals surface area contributed by atoms with Gasteiger partial charge in [0, 0.05) is 31.3 Å². The zero-order chi connectivity index (χ0) is 24.0. The van der Waals surface area contributed by atoms with Crippen molar-refractivity contribution >= 4 is 6.03 Å². The molecule has 0 saturated carbocycles. The van der Waals surface area contributed by atoms with E-state index in [4.69, 9.17) is 0 Å². The number of halogens is 5. The molecule has 0 bridgehead atoms. The van der Waals surface area contributed by atoms with Crippen LogP contribution in [0, 0.1) is 17.6 Å². The van der Waals surface area contributed by atoms with Crippen molar-refractivity contribution in [2.45, 2.75) is 25.7 Å². The average Bonchev–Trinajstić information content (AvgIpc) is 3.16. The molecule has 1 aliphatic heterocycles. The van der Waals surface area contributed by atoms with Crippen LogP contribution in [0.1, 0.15) is 17.5 Å². The van der Waals surface area contributed by atoms with Gasteiger partial charge in [0.1, 0.15) is 17.4 Å². The Hall–Kier alpha value is -2.88. The smallest absolute Gasteiger partial charge is 0.422 e. The van der Waals surface area contributed by atoms with Crippen molar-refractivity contribution in [3.05, 3.63) is 65.2 Å². The number of benzene rings is 2. The maximum Gasteiger partial charge on any atom is 0.422 e. The maximum absolute atomic E-state index is 14.2. The normalized spacial score (nSPS) is 16.6. The molecule has 0 spiro atoms. The van der Waals surface area contributed by atoms with Crippen LogP contribution in [-0.4, -0.2) is 55.3 Å². The molecule has 2 aromatic rings. The third-order valence-corrected chi connectivity index (χ3v) is 5.40. The van der Waals surface area contributed by atoms with E-state index in [2.05, 4.69) is 15.0 Å². The molecule has 5 nitrogen and oxygen atoms in total. The summed E-state index contributed by atoms with van der Waals surface area (Å²) in [6, 6.07) is 8.76. The van der Waals surface area contributed by atoms with Gasteiger partial charge in [-0.25, -0.2) is 13.6 Å². The second kappa shape index (κ2) is 10.8. The number of hydrogen-bond donors (Lipinski definition) is 1. The molecule has 1 fully saturated rings. The first-order valence-electron chi connectivity index (χ1n) is 10.5. The van der Waals surface area contributed by atoms with Crippen molar-refractivity contribution in [2.75, 3.05) is 33.3 Å². The Labute approximate surface area is 189 Å². The summed E-state index contributed by atoms with van der Waals surface area (Å²) < 4.78 is 68.9. The second-order valence-corrected chi connectivity index (χ2v) is 8.24. The zero-order valence-electron chi connectivity index (χ0n) is 18.2. The number of carbonyl (C=O) groups is 1. The molecule has 180 valence electrons. The molecule has 1 aliphatic rings. The molecular weight excluding hydrogens is 445 g/mol. The van der Waals surface area contributed by atoms with Gasteiger partial charge in [0.05, 0.1) is 6.54 Å². The van der Waals surface area contributed by atoms with Crippen LogP contribution in [0.2, 0.25) is 0 Å². The van der Waals surface area contributed by atoms with E-state index in [-0.39, 0.29) is 30.3 Å². The fourth-order valence-electron chi connectivity index (χ4n) is 3.72. The number of urea groups is 1. The van der Waals surface area contributed by atoms with Gasteiger partial charge >= 0.3 is 12.2 Å². The minimum Gasteiger partial charge on any atom is -0.484 e. The van der Waals surface area contributed by atoms with Crippen LogP contribution in [0.25, 0.3) is 0 Å². The number of hydrogen-bond acceptors (Lipinski definition) is 3. The third-order valence-electron chi connectivity index (χ3n) is 5.40. The number of alkyl halides is 3. The Kier molecular flexibility index (Phi) is 8.12. The van der Waals surface area contributed by atoms with Crippen LogP contribution in [0.3, 0.4) is 0 Å². The van der Waals surface area contributed by atoms with Crippen molar-refractivity contribution in [1.29, 1.82) is 0 Å². The molecule has 0 radical (unpaired) electrons. The summed E-state index contributed by atoms with van der Waals surface area (Å²) in [6.45, 7) is 0.877. The quantitative estimate of drug-likeness (QED) is 0.574. The summed E-state index contributed by atoms with van der Waals surface area (Å²) in [7, 11) is 1.99. The third kappa shape index (κ3) is 7.88. The first-order valence-corrected chi connectivity index (χ1v) is 10.5. The van der Waals surface area contributed by atoms with Crippen molar-refractivity contribution in [2.24, 2.45) is 5.92 Å². The first-order chi connectivity index (χ1) is 15.6. The highest BCUT2D eigenvalue weighted by Gasteiger charge is 2.28. The van der Waals surface area contributed by atoms with Gasteiger partial charge in [-0.2, -0.15) is 13.2 Å². The summed E-state index contributed by atoms with van der Waals surface area (Å²) in [5.74, 6) is -1.10. The zero-order valence-corrected chi connectivity index (χ0v) is 18.2. The molecule has 1 atom stereocenters. The molecule has 3 rings (SSSR count). The number of ether oxygens (including phenoxy) is 1. The van der Waals surface area contributed by atoms with Crippen molar-refractivity contribution in [1.82, 2.24) is 15.1 Å². The monoisotopic (exact) mass is 471 g/mol. The topological polar surface area (TPSA) is 44.8 Å². The SMILES string of the molecule is CN1CC[C@H](CN(Cc2ccc(F)cc2F)C(=O)NCc2ccc(OCC(F)(F)F)cc2)C1. The lowest BCUT2D eigenvalue weighted by atomic mass is 10.1. The van der Waals surface area contributed by atoms with E-state index in [0.717, 1.165) is 31.6 Å². The number of amides is 2. The Morgan fingerprint density at radius 2 is 1.91 bits per heavy atom. The van der Waals surface area contributed by atoms with Gasteiger partial charge in [-0.3, -0.25) is 0 Å². The van der Waals surface area contributed by atoms with E-state index in [1.54, 1.807) is 12.1 Å². The highest BCUT2D eigenvalue weighted by Crippen LogP contribution is 2.20. The molecule has 10 heteroatoms. The predicted molar refractivity (Wildman–Crippen MR) is 113 cm³/mol. The molecule has 0 aliphatic carbocycles. The van der Waals surface area contributed by atoms with E-state index in [9.17, 15) is 26.7 Å². The van der Waals surface area contributed by atoms with Crippen molar-refractivity contribution in [3.8, 4) is 5.75 Å². The largest absolute Gasteiger partial charge is 0.484 e.